The second kappa shape index (κ2) is 2.69. The highest BCUT2D eigenvalue weighted by Crippen LogP contribution is 2.08. The first-order valence-corrected chi connectivity index (χ1v) is 3.40. The van der Waals surface area contributed by atoms with Gasteiger partial charge < -0.3 is 16.3 Å². The Hall–Kier alpha value is -1.39. The van der Waals surface area contributed by atoms with Gasteiger partial charge in [0.1, 0.15) is 0 Å². The van der Waals surface area contributed by atoms with Crippen molar-refractivity contribution in [1.82, 2.24) is 9.66 Å². The normalized spacial score (nSPS) is 10.5. The summed E-state index contributed by atoms with van der Waals surface area (Å²) in [7, 11) is 0. The molecule has 4 N–H and O–H groups in total. The first-order chi connectivity index (χ1) is 5.09. The van der Waals surface area contributed by atoms with Gasteiger partial charge in [0.25, 0.3) is 0 Å². The number of nitrogens with zero attached hydrogens (tertiary/aromatic N) is 2. The summed E-state index contributed by atoms with van der Waals surface area (Å²) < 4.78 is 1.49. The van der Waals surface area contributed by atoms with Crippen LogP contribution < -0.4 is 11.2 Å². The number of anilines is 1. The van der Waals surface area contributed by atoms with E-state index >= 15 is 0 Å². The lowest BCUT2D eigenvalue weighted by Crippen LogP contribution is -2.22. The minimum Gasteiger partial charge on any atom is -0.492 e. The molecule has 11 heavy (non-hydrogen) atoms. The van der Waals surface area contributed by atoms with Crippen LogP contribution in [0.5, 0.6) is 5.88 Å². The molecule has 0 spiro atoms. The Morgan fingerprint density at radius 2 is 2.36 bits per heavy atom. The van der Waals surface area contributed by atoms with Crippen LogP contribution in [0.1, 0.15) is 13.8 Å². The summed E-state index contributed by atoms with van der Waals surface area (Å²) >= 11 is 0. The minimum absolute atomic E-state index is 0.0735. The van der Waals surface area contributed by atoms with Gasteiger partial charge in [-0.2, -0.15) is 4.98 Å². The molecular weight excluding hydrogens is 144 g/mol. The van der Waals surface area contributed by atoms with Crippen LogP contribution in [0.4, 0.5) is 5.95 Å². The van der Waals surface area contributed by atoms with E-state index in [0.717, 1.165) is 0 Å². The molecule has 5 heteroatoms. The number of nitrogens with two attached hydrogens (primary N) is 1. The van der Waals surface area contributed by atoms with Crippen LogP contribution in [0, 0.1) is 0 Å². The van der Waals surface area contributed by atoms with Gasteiger partial charge in [-0.1, -0.05) is 0 Å². The van der Waals surface area contributed by atoms with Crippen molar-refractivity contribution >= 4 is 5.95 Å². The third kappa shape index (κ3) is 1.76. The summed E-state index contributed by atoms with van der Waals surface area (Å²) in [6.07, 6.45) is 1.43. The average Bonchev–Trinajstić information content (AvgIpc) is 2.09. The highest BCUT2D eigenvalue weighted by Gasteiger charge is 2.02. The van der Waals surface area contributed by atoms with E-state index in [9.17, 15) is 0 Å². The van der Waals surface area contributed by atoms with Crippen LogP contribution in [0.2, 0.25) is 0 Å². The number of nitrogen functional groups attached to an aromatic ring is 1. The molecule has 0 bridgehead atoms. The fourth-order valence-corrected chi connectivity index (χ4v) is 0.763. The quantitative estimate of drug-likeness (QED) is 0.568. The Bertz CT molecular complexity index is 243. The Kier molecular flexibility index (Phi) is 1.89. The molecular formula is C6H12N4O. The van der Waals surface area contributed by atoms with E-state index in [1.165, 1.54) is 10.9 Å². The van der Waals surface area contributed by atoms with Gasteiger partial charge in [0.2, 0.25) is 11.8 Å². The molecule has 62 valence electrons. The Morgan fingerprint density at radius 1 is 1.73 bits per heavy atom. The standard InChI is InChI=1S/C6H12N4O/c1-4(2)9-10-3-5(11)8-6(10)7/h3-4,9,11H,1-2H3,(H2,7,8). The van der Waals surface area contributed by atoms with E-state index < -0.39 is 0 Å². The number of nitrogens with one attached hydrogen (secondary N) is 1. The zero-order chi connectivity index (χ0) is 8.43. The predicted molar refractivity (Wildman–Crippen MR) is 42.8 cm³/mol. The summed E-state index contributed by atoms with van der Waals surface area (Å²) in [5, 5.41) is 8.89. The lowest BCUT2D eigenvalue weighted by atomic mass is 10.4. The topological polar surface area (TPSA) is 76.1 Å². The van der Waals surface area contributed by atoms with Crippen molar-refractivity contribution in [3.8, 4) is 5.88 Å². The van der Waals surface area contributed by atoms with Crippen LogP contribution in [0.25, 0.3) is 0 Å². The van der Waals surface area contributed by atoms with Crippen molar-refractivity contribution in [2.24, 2.45) is 0 Å². The van der Waals surface area contributed by atoms with Gasteiger partial charge in [-0.3, -0.25) is 0 Å². The average molecular weight is 156 g/mol. The van der Waals surface area contributed by atoms with Crippen LogP contribution in [-0.2, 0) is 0 Å². The van der Waals surface area contributed by atoms with Gasteiger partial charge in [-0.05, 0) is 13.8 Å². The molecule has 0 aliphatic rings. The molecule has 0 aliphatic heterocycles. The van der Waals surface area contributed by atoms with E-state index in [1.807, 2.05) is 13.8 Å². The fraction of sp³-hybridized carbons (Fsp3) is 0.500. The smallest absolute Gasteiger partial charge is 0.233 e. The molecule has 0 amide bonds. The van der Waals surface area contributed by atoms with Crippen molar-refractivity contribution < 1.29 is 5.11 Å². The van der Waals surface area contributed by atoms with Crippen molar-refractivity contribution in [2.75, 3.05) is 11.2 Å². The summed E-state index contributed by atoms with van der Waals surface area (Å²) in [5.41, 5.74) is 8.38. The number of hydrogen-bond donors (Lipinski definition) is 3. The van der Waals surface area contributed by atoms with Gasteiger partial charge in [0.05, 0.1) is 6.20 Å². The second-order valence-corrected chi connectivity index (χ2v) is 2.61. The maximum atomic E-state index is 8.89. The van der Waals surface area contributed by atoms with Crippen LogP contribution >= 0.6 is 0 Å². The number of aromatic hydroxyl groups is 1. The molecule has 0 saturated heterocycles. The summed E-state index contributed by atoms with van der Waals surface area (Å²) in [6.45, 7) is 3.94. The molecule has 1 aromatic rings. The van der Waals surface area contributed by atoms with E-state index in [-0.39, 0.29) is 17.9 Å². The Labute approximate surface area is 64.8 Å². The van der Waals surface area contributed by atoms with Crippen LogP contribution in [-0.4, -0.2) is 20.8 Å². The summed E-state index contributed by atoms with van der Waals surface area (Å²) in [6, 6.07) is 0.255. The van der Waals surface area contributed by atoms with Crippen molar-refractivity contribution in [1.29, 1.82) is 0 Å². The zero-order valence-electron chi connectivity index (χ0n) is 6.57. The number of aromatic nitrogens is 2. The van der Waals surface area contributed by atoms with Crippen molar-refractivity contribution in [2.45, 2.75) is 19.9 Å². The highest BCUT2D eigenvalue weighted by molar-refractivity contribution is 5.25. The fourth-order valence-electron chi connectivity index (χ4n) is 0.763. The van der Waals surface area contributed by atoms with Crippen LogP contribution in [0.3, 0.4) is 0 Å². The van der Waals surface area contributed by atoms with E-state index in [1.54, 1.807) is 0 Å². The third-order valence-electron chi connectivity index (χ3n) is 1.12. The lowest BCUT2D eigenvalue weighted by Gasteiger charge is -2.10. The Morgan fingerprint density at radius 3 is 2.73 bits per heavy atom. The first kappa shape index (κ1) is 7.71. The van der Waals surface area contributed by atoms with Gasteiger partial charge >= 0.3 is 0 Å². The molecule has 0 aliphatic carbocycles. The minimum atomic E-state index is -0.0735. The van der Waals surface area contributed by atoms with Gasteiger partial charge in [-0.25, -0.2) is 4.68 Å². The van der Waals surface area contributed by atoms with Gasteiger partial charge in [0, 0.05) is 6.04 Å². The largest absolute Gasteiger partial charge is 0.492 e. The monoisotopic (exact) mass is 156 g/mol. The van der Waals surface area contributed by atoms with Gasteiger partial charge in [-0.15, -0.1) is 0 Å². The number of imidazole rings is 1. The maximum Gasteiger partial charge on any atom is 0.233 e. The zero-order valence-corrected chi connectivity index (χ0v) is 6.57. The molecule has 1 rings (SSSR count). The molecule has 0 radical (unpaired) electrons. The van der Waals surface area contributed by atoms with E-state index in [0.29, 0.717) is 0 Å². The maximum absolute atomic E-state index is 8.89. The van der Waals surface area contributed by atoms with Crippen molar-refractivity contribution in [3.05, 3.63) is 6.20 Å². The SMILES string of the molecule is CC(C)Nn1cc(O)nc1N. The molecule has 0 atom stereocenters. The molecule has 0 aromatic carbocycles. The predicted octanol–water partition coefficient (Wildman–Crippen LogP) is 0.123. The molecule has 0 fully saturated rings. The molecule has 1 heterocycles. The highest BCUT2D eigenvalue weighted by atomic mass is 16.3. The van der Waals surface area contributed by atoms with E-state index in [4.69, 9.17) is 10.8 Å². The lowest BCUT2D eigenvalue weighted by molar-refractivity contribution is 0.456. The summed E-state index contributed by atoms with van der Waals surface area (Å²) in [4.78, 5) is 3.60. The third-order valence-corrected chi connectivity index (χ3v) is 1.12. The summed E-state index contributed by atoms with van der Waals surface area (Å²) in [5.74, 6) is 0.187. The Balaban J connectivity index is 2.77. The van der Waals surface area contributed by atoms with Crippen molar-refractivity contribution in [3.63, 3.8) is 0 Å². The van der Waals surface area contributed by atoms with Gasteiger partial charge in [0.15, 0.2) is 0 Å². The van der Waals surface area contributed by atoms with Crippen LogP contribution in [0.15, 0.2) is 6.20 Å². The molecule has 1 aromatic heterocycles. The second-order valence-electron chi connectivity index (χ2n) is 2.61. The number of hydrogen-bond acceptors (Lipinski definition) is 4. The molecule has 0 unspecified atom stereocenters. The number of rotatable bonds is 2. The van der Waals surface area contributed by atoms with E-state index in [2.05, 4.69) is 10.4 Å². The molecule has 5 nitrogen and oxygen atoms in total. The first-order valence-electron chi connectivity index (χ1n) is 3.40. The molecule has 0 saturated carbocycles.